The summed E-state index contributed by atoms with van der Waals surface area (Å²) in [5.74, 6) is -0.113. The van der Waals surface area contributed by atoms with E-state index in [4.69, 9.17) is 4.74 Å². The molecule has 1 saturated carbocycles. The molecule has 23 heavy (non-hydrogen) atoms. The van der Waals surface area contributed by atoms with Crippen LogP contribution >= 0.6 is 0 Å². The molecule has 0 aliphatic heterocycles. The zero-order valence-corrected chi connectivity index (χ0v) is 14.3. The van der Waals surface area contributed by atoms with Gasteiger partial charge >= 0.3 is 5.97 Å². The molecule has 1 aliphatic rings. The minimum absolute atomic E-state index is 0.113. The molecule has 0 unspecified atom stereocenters. The van der Waals surface area contributed by atoms with Gasteiger partial charge < -0.3 is 4.74 Å². The molecule has 1 aliphatic carbocycles. The maximum atomic E-state index is 12.9. The van der Waals surface area contributed by atoms with Crippen molar-refractivity contribution in [2.24, 2.45) is 5.41 Å². The second-order valence-electron chi connectivity index (χ2n) is 7.65. The molecule has 0 N–H and O–H groups in total. The number of rotatable bonds is 3. The van der Waals surface area contributed by atoms with Crippen LogP contribution in [0.4, 0.5) is 0 Å². The fraction of sp³-hybridized carbons (Fsp3) is 0.381. The highest BCUT2D eigenvalue weighted by Gasteiger charge is 2.71. The molecule has 0 spiro atoms. The van der Waals surface area contributed by atoms with E-state index in [1.54, 1.807) is 0 Å². The van der Waals surface area contributed by atoms with E-state index < -0.39 is 11.0 Å². The molecule has 0 aromatic heterocycles. The third kappa shape index (κ3) is 2.56. The maximum Gasteiger partial charge on any atom is 0.313 e. The van der Waals surface area contributed by atoms with Crippen molar-refractivity contribution in [1.82, 2.24) is 0 Å². The van der Waals surface area contributed by atoms with Gasteiger partial charge in [0.15, 0.2) is 0 Å². The number of hydrogen-bond donors (Lipinski definition) is 0. The van der Waals surface area contributed by atoms with Gasteiger partial charge in [-0.05, 0) is 45.2 Å². The maximum absolute atomic E-state index is 12.9. The largest absolute Gasteiger partial charge is 0.460 e. The van der Waals surface area contributed by atoms with E-state index in [9.17, 15) is 4.79 Å². The number of esters is 1. The summed E-state index contributed by atoms with van der Waals surface area (Å²) in [7, 11) is 0. The molecule has 0 bridgehead atoms. The van der Waals surface area contributed by atoms with Crippen LogP contribution in [-0.2, 0) is 14.9 Å². The lowest BCUT2D eigenvalue weighted by atomic mass is 9.81. The number of carbonyl (C=O) groups is 1. The Bertz CT molecular complexity index is 658. The van der Waals surface area contributed by atoms with Crippen LogP contribution in [0.15, 0.2) is 60.7 Å². The van der Waals surface area contributed by atoms with Crippen LogP contribution < -0.4 is 0 Å². The summed E-state index contributed by atoms with van der Waals surface area (Å²) in [5.41, 5.74) is 1.07. The smallest absolute Gasteiger partial charge is 0.313 e. The minimum Gasteiger partial charge on any atom is -0.460 e. The van der Waals surface area contributed by atoms with Crippen molar-refractivity contribution in [1.29, 1.82) is 0 Å². The first kappa shape index (κ1) is 15.8. The molecule has 2 aromatic carbocycles. The van der Waals surface area contributed by atoms with Gasteiger partial charge in [-0.2, -0.15) is 0 Å². The Morgan fingerprint density at radius 1 is 0.913 bits per heavy atom. The molecule has 1 fully saturated rings. The first-order valence-corrected chi connectivity index (χ1v) is 8.14. The van der Waals surface area contributed by atoms with E-state index in [0.717, 1.165) is 6.42 Å². The Morgan fingerprint density at radius 3 is 1.74 bits per heavy atom. The predicted octanol–water partition coefficient (Wildman–Crippen LogP) is 4.72. The monoisotopic (exact) mass is 308 g/mol. The fourth-order valence-electron chi connectivity index (χ4n) is 3.58. The van der Waals surface area contributed by atoms with Crippen LogP contribution in [0.1, 0.15) is 45.2 Å². The van der Waals surface area contributed by atoms with Gasteiger partial charge in [0.2, 0.25) is 0 Å². The van der Waals surface area contributed by atoms with Crippen molar-refractivity contribution in [2.45, 2.75) is 45.1 Å². The molecule has 2 aromatic rings. The first-order chi connectivity index (χ1) is 10.8. The van der Waals surface area contributed by atoms with Crippen LogP contribution in [0.5, 0.6) is 0 Å². The van der Waals surface area contributed by atoms with Crippen LogP contribution in [0.3, 0.4) is 0 Å². The lowest BCUT2D eigenvalue weighted by molar-refractivity contribution is -0.161. The quantitative estimate of drug-likeness (QED) is 0.767. The highest BCUT2D eigenvalue weighted by molar-refractivity contribution is 5.86. The summed E-state index contributed by atoms with van der Waals surface area (Å²) < 4.78 is 5.72. The Morgan fingerprint density at radius 2 is 1.35 bits per heavy atom. The number of benzene rings is 2. The summed E-state index contributed by atoms with van der Waals surface area (Å²) >= 11 is 0. The molecule has 0 amide bonds. The third-order valence-corrected chi connectivity index (χ3v) is 4.82. The lowest BCUT2D eigenvalue weighted by Gasteiger charge is -2.27. The summed E-state index contributed by atoms with van der Waals surface area (Å²) in [6, 6.07) is 20.6. The van der Waals surface area contributed by atoms with E-state index in [1.807, 2.05) is 64.1 Å². The summed E-state index contributed by atoms with van der Waals surface area (Å²) in [6.45, 7) is 7.79. The normalized spacial score (nSPS) is 22.4. The average Bonchev–Trinajstić information content (AvgIpc) is 3.17. The molecule has 2 nitrogen and oxygen atoms in total. The molecule has 0 radical (unpaired) electrons. The van der Waals surface area contributed by atoms with Crippen molar-refractivity contribution in [3.05, 3.63) is 71.8 Å². The van der Waals surface area contributed by atoms with Gasteiger partial charge in [0, 0.05) is 5.41 Å². The van der Waals surface area contributed by atoms with Crippen LogP contribution in [0, 0.1) is 5.41 Å². The Hall–Kier alpha value is -2.09. The number of carbonyl (C=O) groups excluding carboxylic acids is 1. The molecule has 1 atom stereocenters. The Kier molecular flexibility index (Phi) is 3.59. The minimum atomic E-state index is -0.525. The highest BCUT2D eigenvalue weighted by Crippen LogP contribution is 2.68. The van der Waals surface area contributed by atoms with E-state index in [1.165, 1.54) is 11.1 Å². The van der Waals surface area contributed by atoms with Gasteiger partial charge in [0.1, 0.15) is 5.60 Å². The molecule has 2 heteroatoms. The highest BCUT2D eigenvalue weighted by atomic mass is 16.6. The van der Waals surface area contributed by atoms with Gasteiger partial charge in [-0.3, -0.25) is 4.79 Å². The number of ether oxygens (including phenoxy) is 1. The zero-order chi connectivity index (χ0) is 16.7. The van der Waals surface area contributed by atoms with Crippen molar-refractivity contribution in [2.75, 3.05) is 0 Å². The zero-order valence-electron chi connectivity index (χ0n) is 14.3. The second kappa shape index (κ2) is 5.23. The van der Waals surface area contributed by atoms with E-state index in [2.05, 4.69) is 24.3 Å². The van der Waals surface area contributed by atoms with Gasteiger partial charge in [-0.15, -0.1) is 0 Å². The lowest BCUT2D eigenvalue weighted by Crippen LogP contribution is -2.33. The van der Waals surface area contributed by atoms with Crippen LogP contribution in [0.25, 0.3) is 0 Å². The van der Waals surface area contributed by atoms with E-state index in [0.29, 0.717) is 0 Å². The topological polar surface area (TPSA) is 26.3 Å². The Balaban J connectivity index is 2.06. The molecular weight excluding hydrogens is 284 g/mol. The third-order valence-electron chi connectivity index (χ3n) is 4.82. The Labute approximate surface area is 138 Å². The molecular formula is C21H24O2. The van der Waals surface area contributed by atoms with Gasteiger partial charge in [-0.25, -0.2) is 0 Å². The predicted molar refractivity (Wildman–Crippen MR) is 92.2 cm³/mol. The van der Waals surface area contributed by atoms with Gasteiger partial charge in [-0.1, -0.05) is 60.7 Å². The first-order valence-electron chi connectivity index (χ1n) is 8.14. The van der Waals surface area contributed by atoms with Gasteiger partial charge in [0.25, 0.3) is 0 Å². The van der Waals surface area contributed by atoms with Crippen molar-refractivity contribution in [3.63, 3.8) is 0 Å². The second-order valence-corrected chi connectivity index (χ2v) is 7.65. The number of hydrogen-bond acceptors (Lipinski definition) is 2. The van der Waals surface area contributed by atoms with Crippen molar-refractivity contribution in [3.8, 4) is 0 Å². The SMILES string of the molecule is CC(C)(C)OC(=O)[C@]1(C)CC1(c1ccccc1)c1ccccc1. The van der Waals surface area contributed by atoms with Crippen molar-refractivity contribution >= 4 is 5.97 Å². The summed E-state index contributed by atoms with van der Waals surface area (Å²) in [5, 5.41) is 0. The summed E-state index contributed by atoms with van der Waals surface area (Å²) in [4.78, 5) is 12.9. The average molecular weight is 308 g/mol. The van der Waals surface area contributed by atoms with Crippen molar-refractivity contribution < 1.29 is 9.53 Å². The van der Waals surface area contributed by atoms with Gasteiger partial charge in [0.05, 0.1) is 5.41 Å². The summed E-state index contributed by atoms with van der Waals surface area (Å²) in [6.07, 6.45) is 0.781. The van der Waals surface area contributed by atoms with Crippen LogP contribution in [-0.4, -0.2) is 11.6 Å². The fourth-order valence-corrected chi connectivity index (χ4v) is 3.58. The molecule has 120 valence electrons. The standard InChI is InChI=1S/C21H24O2/c1-19(2,3)23-18(22)20(4)15-21(20,16-11-7-5-8-12-16)17-13-9-6-10-14-17/h5-14H,15H2,1-4H3/t20-/m0/s1. The molecule has 3 rings (SSSR count). The molecule has 0 heterocycles. The van der Waals surface area contributed by atoms with Crippen LogP contribution in [0.2, 0.25) is 0 Å². The molecule has 0 saturated heterocycles. The van der Waals surface area contributed by atoms with E-state index in [-0.39, 0.29) is 11.4 Å². The van der Waals surface area contributed by atoms with E-state index >= 15 is 0 Å².